The SMILES string of the molecule is CC1(C)S[C@@H]2[C@H](NC(=O)C(N)(NC(=O)N3CCN(S(C)(=O)=O)C3=O)c3ccc4nc(N)sc4c3)C(=O)N2[C@H]1C(=O)O. The second-order valence-electron chi connectivity index (χ2n) is 10.3. The number of urea groups is 2. The van der Waals surface area contributed by atoms with Gasteiger partial charge in [0, 0.05) is 10.3 Å². The second kappa shape index (κ2) is 9.43. The molecule has 0 aliphatic carbocycles. The van der Waals surface area contributed by atoms with Crippen LogP contribution in [0.4, 0.5) is 14.7 Å². The number of nitrogens with zero attached hydrogens (tertiary/aromatic N) is 4. The second-order valence-corrected chi connectivity index (χ2v) is 15.0. The number of carbonyl (C=O) groups excluding carboxylic acids is 4. The van der Waals surface area contributed by atoms with E-state index in [1.807, 2.05) is 0 Å². The number of nitrogens with two attached hydrogens (primary N) is 2. The molecule has 19 heteroatoms. The van der Waals surface area contributed by atoms with Crippen LogP contribution in [0.2, 0.25) is 0 Å². The third-order valence-electron chi connectivity index (χ3n) is 7.10. The van der Waals surface area contributed by atoms with Crippen molar-refractivity contribution in [2.75, 3.05) is 25.1 Å². The number of hydrogen-bond donors (Lipinski definition) is 5. The number of aromatic nitrogens is 1. The van der Waals surface area contributed by atoms with E-state index in [0.29, 0.717) is 19.4 Å². The van der Waals surface area contributed by atoms with Crippen LogP contribution >= 0.6 is 23.1 Å². The number of imide groups is 1. The van der Waals surface area contributed by atoms with Crippen molar-refractivity contribution >= 4 is 78.3 Å². The molecule has 0 bridgehead atoms. The lowest BCUT2D eigenvalue weighted by Crippen LogP contribution is -2.74. The molecule has 0 radical (unpaired) electrons. The van der Waals surface area contributed by atoms with Crippen LogP contribution in [0.1, 0.15) is 19.4 Å². The van der Waals surface area contributed by atoms with E-state index < -0.39 is 67.7 Å². The molecule has 220 valence electrons. The van der Waals surface area contributed by atoms with Gasteiger partial charge >= 0.3 is 18.0 Å². The number of thiazole rings is 1. The average molecular weight is 627 g/mol. The van der Waals surface area contributed by atoms with Crippen LogP contribution in [0.15, 0.2) is 18.2 Å². The Morgan fingerprint density at radius 2 is 1.90 bits per heavy atom. The van der Waals surface area contributed by atoms with Gasteiger partial charge in [0.2, 0.25) is 15.9 Å². The number of fused-ring (bicyclic) bond motifs is 2. The molecule has 1 unspecified atom stereocenters. The van der Waals surface area contributed by atoms with E-state index in [1.165, 1.54) is 34.9 Å². The highest BCUT2D eigenvalue weighted by atomic mass is 32.2. The van der Waals surface area contributed by atoms with Gasteiger partial charge in [0.1, 0.15) is 17.5 Å². The minimum Gasteiger partial charge on any atom is -0.480 e. The van der Waals surface area contributed by atoms with E-state index in [9.17, 15) is 37.5 Å². The first-order valence-electron chi connectivity index (χ1n) is 12.1. The number of β-lactam (4-membered cyclic amide) rings is 1. The van der Waals surface area contributed by atoms with Crippen LogP contribution in [0, 0.1) is 0 Å². The zero-order chi connectivity index (χ0) is 30.2. The molecule has 0 saturated carbocycles. The lowest BCUT2D eigenvalue weighted by atomic mass is 9.94. The first kappa shape index (κ1) is 28.8. The van der Waals surface area contributed by atoms with Crippen LogP contribution in [0.5, 0.6) is 0 Å². The molecule has 0 spiro atoms. The standard InChI is InChI=1S/C22H26N8O8S3/c1-21(2)13(16(32)33)30-14(31)12(15(30)40-21)26-17(34)22(24,9-4-5-10-11(8-9)39-18(23)25-10)27-19(35)28-6-7-29(20(28)36)41(3,37)38/h4-5,8,12-13,15H,6-7,24H2,1-3H3,(H2,23,25)(H,26,34)(H,27,35)(H,32,33)/t12-,13+,15-,22?/m1/s1. The number of benzene rings is 1. The molecule has 5 rings (SSSR count). The fourth-order valence-corrected chi connectivity index (χ4v) is 8.29. The molecule has 4 atom stereocenters. The molecule has 16 nitrogen and oxygen atoms in total. The Hall–Kier alpha value is -3.68. The zero-order valence-electron chi connectivity index (χ0n) is 21.9. The summed E-state index contributed by atoms with van der Waals surface area (Å²) >= 11 is 2.30. The van der Waals surface area contributed by atoms with Crippen molar-refractivity contribution in [3.8, 4) is 0 Å². The number of carboxylic acid groups (broad SMARTS) is 1. The molecule has 41 heavy (non-hydrogen) atoms. The summed E-state index contributed by atoms with van der Waals surface area (Å²) in [4.78, 5) is 70.5. The van der Waals surface area contributed by atoms with Crippen molar-refractivity contribution in [3.05, 3.63) is 23.8 Å². The summed E-state index contributed by atoms with van der Waals surface area (Å²) < 4.78 is 24.0. The molecule has 3 aliphatic rings. The number of nitrogens with one attached hydrogen (secondary N) is 2. The van der Waals surface area contributed by atoms with Gasteiger partial charge in [-0.1, -0.05) is 17.4 Å². The molecule has 3 aliphatic heterocycles. The lowest BCUT2D eigenvalue weighted by Gasteiger charge is -2.44. The van der Waals surface area contributed by atoms with Gasteiger partial charge in [-0.2, -0.15) is 0 Å². The predicted molar refractivity (Wildman–Crippen MR) is 148 cm³/mol. The Bertz CT molecular complexity index is 1630. The molecule has 1 aromatic carbocycles. The summed E-state index contributed by atoms with van der Waals surface area (Å²) in [5.74, 6) is -2.84. The van der Waals surface area contributed by atoms with Gasteiger partial charge in [0.05, 0.1) is 29.6 Å². The number of amides is 6. The van der Waals surface area contributed by atoms with Gasteiger partial charge in [0.25, 0.3) is 5.91 Å². The topological polar surface area (TPSA) is 238 Å². The maximum Gasteiger partial charge on any atom is 0.341 e. The third kappa shape index (κ3) is 4.61. The van der Waals surface area contributed by atoms with Gasteiger partial charge < -0.3 is 26.4 Å². The number of carbonyl (C=O) groups is 5. The van der Waals surface area contributed by atoms with Crippen molar-refractivity contribution in [2.45, 2.75) is 41.7 Å². The Morgan fingerprint density at radius 1 is 1.22 bits per heavy atom. The van der Waals surface area contributed by atoms with E-state index in [-0.39, 0.29) is 23.8 Å². The monoisotopic (exact) mass is 626 g/mol. The number of anilines is 1. The molecule has 1 aromatic heterocycles. The summed E-state index contributed by atoms with van der Waals surface area (Å²) in [7, 11) is -3.95. The Balaban J connectivity index is 1.45. The summed E-state index contributed by atoms with van der Waals surface area (Å²) in [6, 6.07) is -0.112. The fourth-order valence-electron chi connectivity index (χ4n) is 5.10. The van der Waals surface area contributed by atoms with Gasteiger partial charge in [-0.05, 0) is 26.0 Å². The number of rotatable bonds is 6. The molecule has 4 heterocycles. The highest BCUT2D eigenvalue weighted by Gasteiger charge is 2.64. The van der Waals surface area contributed by atoms with Crippen LogP contribution in [-0.2, 0) is 30.1 Å². The van der Waals surface area contributed by atoms with Gasteiger partial charge in [-0.3, -0.25) is 15.3 Å². The molecule has 3 saturated heterocycles. The maximum absolute atomic E-state index is 13.8. The number of aliphatic carboxylic acids is 1. The smallest absolute Gasteiger partial charge is 0.341 e. The van der Waals surface area contributed by atoms with Crippen LogP contribution in [-0.4, -0.2) is 104 Å². The quantitative estimate of drug-likeness (QED) is 0.192. The van der Waals surface area contributed by atoms with E-state index in [1.54, 1.807) is 13.8 Å². The highest BCUT2D eigenvalue weighted by molar-refractivity contribution is 8.01. The van der Waals surface area contributed by atoms with Crippen molar-refractivity contribution < 1.29 is 37.5 Å². The number of carboxylic acids is 1. The average Bonchev–Trinajstić information content (AvgIpc) is 3.51. The van der Waals surface area contributed by atoms with Crippen molar-refractivity contribution in [3.63, 3.8) is 0 Å². The highest BCUT2D eigenvalue weighted by Crippen LogP contribution is 2.50. The van der Waals surface area contributed by atoms with Crippen LogP contribution in [0.3, 0.4) is 0 Å². The lowest BCUT2D eigenvalue weighted by molar-refractivity contribution is -0.161. The van der Waals surface area contributed by atoms with Crippen LogP contribution in [0.25, 0.3) is 10.2 Å². The largest absolute Gasteiger partial charge is 0.480 e. The van der Waals surface area contributed by atoms with E-state index >= 15 is 0 Å². The Kier molecular flexibility index (Phi) is 6.63. The van der Waals surface area contributed by atoms with Gasteiger partial charge in [-0.25, -0.2) is 37.0 Å². The van der Waals surface area contributed by atoms with Crippen molar-refractivity contribution in [1.82, 2.24) is 29.7 Å². The third-order valence-corrected chi connectivity index (χ3v) is 10.7. The van der Waals surface area contributed by atoms with Crippen LogP contribution < -0.4 is 22.1 Å². The fraction of sp³-hybridized carbons (Fsp3) is 0.455. The number of nitrogen functional groups attached to an aromatic ring is 1. The summed E-state index contributed by atoms with van der Waals surface area (Å²) in [5.41, 5.74) is 10.5. The predicted octanol–water partition coefficient (Wildman–Crippen LogP) is -0.971. The molecular weight excluding hydrogens is 600 g/mol. The van der Waals surface area contributed by atoms with Crippen molar-refractivity contribution in [1.29, 1.82) is 0 Å². The molecule has 6 amide bonds. The minimum absolute atomic E-state index is 0.0533. The minimum atomic E-state index is -3.95. The molecule has 3 fully saturated rings. The first-order chi connectivity index (χ1) is 19.0. The van der Waals surface area contributed by atoms with E-state index in [0.717, 1.165) is 17.6 Å². The zero-order valence-corrected chi connectivity index (χ0v) is 24.3. The Labute approximate surface area is 241 Å². The van der Waals surface area contributed by atoms with E-state index in [2.05, 4.69) is 15.6 Å². The number of hydrogen-bond acceptors (Lipinski definition) is 12. The Morgan fingerprint density at radius 3 is 2.51 bits per heavy atom. The van der Waals surface area contributed by atoms with Gasteiger partial charge in [0.15, 0.2) is 10.8 Å². The molecular formula is C22H26N8O8S3. The normalized spacial score (nSPS) is 25.1. The van der Waals surface area contributed by atoms with Crippen molar-refractivity contribution in [2.24, 2.45) is 5.73 Å². The summed E-state index contributed by atoms with van der Waals surface area (Å²) in [6.07, 6.45) is 0.819. The first-order valence-corrected chi connectivity index (χ1v) is 15.6. The number of sulfonamides is 1. The summed E-state index contributed by atoms with van der Waals surface area (Å²) in [5, 5.41) is 14.1. The maximum atomic E-state index is 13.8. The summed E-state index contributed by atoms with van der Waals surface area (Å²) in [6.45, 7) is 2.78. The van der Waals surface area contributed by atoms with E-state index in [4.69, 9.17) is 11.5 Å². The molecule has 2 aromatic rings. The molecule has 7 N–H and O–H groups in total. The number of thioether (sulfide) groups is 1. The van der Waals surface area contributed by atoms with Gasteiger partial charge in [-0.15, -0.1) is 11.8 Å².